The van der Waals surface area contributed by atoms with Gasteiger partial charge in [0.25, 0.3) is 0 Å². The van der Waals surface area contributed by atoms with Gasteiger partial charge in [0.2, 0.25) is 11.8 Å². The zero-order valence-corrected chi connectivity index (χ0v) is 9.03. The zero-order valence-electron chi connectivity index (χ0n) is 9.03. The minimum Gasteiger partial charge on any atom is -0.395 e. The van der Waals surface area contributed by atoms with Crippen molar-refractivity contribution in [3.05, 3.63) is 0 Å². The molecular formula is C10H18N2O3. The summed E-state index contributed by atoms with van der Waals surface area (Å²) in [4.78, 5) is 24.4. The van der Waals surface area contributed by atoms with E-state index >= 15 is 0 Å². The number of amides is 2. The number of carbonyl (C=O) groups is 2. The molecule has 0 spiro atoms. The average Bonchev–Trinajstić information content (AvgIpc) is 2.26. The van der Waals surface area contributed by atoms with Crippen molar-refractivity contribution in [1.29, 1.82) is 0 Å². The van der Waals surface area contributed by atoms with E-state index in [-0.39, 0.29) is 24.3 Å². The van der Waals surface area contributed by atoms with E-state index in [1.54, 1.807) is 4.90 Å². The van der Waals surface area contributed by atoms with Gasteiger partial charge in [-0.15, -0.1) is 0 Å². The lowest BCUT2D eigenvalue weighted by atomic mass is 9.97. The maximum atomic E-state index is 11.9. The molecule has 1 heterocycles. The molecule has 2 N–H and O–H groups in total. The van der Waals surface area contributed by atoms with E-state index in [0.29, 0.717) is 32.5 Å². The first-order valence-corrected chi connectivity index (χ1v) is 5.35. The Hall–Kier alpha value is -1.10. The Labute approximate surface area is 89.4 Å². The van der Waals surface area contributed by atoms with Gasteiger partial charge in [0, 0.05) is 26.1 Å². The molecule has 2 amide bonds. The third kappa shape index (κ3) is 3.20. The first-order valence-electron chi connectivity index (χ1n) is 5.35. The molecule has 0 aliphatic carbocycles. The van der Waals surface area contributed by atoms with Crippen LogP contribution in [0.2, 0.25) is 0 Å². The van der Waals surface area contributed by atoms with Crippen molar-refractivity contribution in [3.8, 4) is 0 Å². The molecule has 86 valence electrons. The molecule has 1 atom stereocenters. The standard InChI is InChI=1S/C10H18N2O3/c1-2-12(5-6-13)10(15)8-3-4-9(14)11-7-8/h8,13H,2-7H2,1H3,(H,11,14). The van der Waals surface area contributed by atoms with Crippen molar-refractivity contribution in [2.24, 2.45) is 5.92 Å². The van der Waals surface area contributed by atoms with Gasteiger partial charge in [0.05, 0.1) is 12.5 Å². The number of hydrogen-bond donors (Lipinski definition) is 2. The second-order valence-electron chi connectivity index (χ2n) is 3.68. The molecule has 5 nitrogen and oxygen atoms in total. The van der Waals surface area contributed by atoms with Gasteiger partial charge in [-0.05, 0) is 13.3 Å². The summed E-state index contributed by atoms with van der Waals surface area (Å²) in [6.07, 6.45) is 1.04. The van der Waals surface area contributed by atoms with E-state index in [1.165, 1.54) is 0 Å². The highest BCUT2D eigenvalue weighted by Gasteiger charge is 2.27. The predicted octanol–water partition coefficient (Wildman–Crippen LogP) is -0.647. The number of piperidine rings is 1. The Bertz CT molecular complexity index is 233. The van der Waals surface area contributed by atoms with Gasteiger partial charge in [-0.2, -0.15) is 0 Å². The quantitative estimate of drug-likeness (QED) is 0.653. The van der Waals surface area contributed by atoms with Crippen LogP contribution < -0.4 is 5.32 Å². The van der Waals surface area contributed by atoms with E-state index in [0.717, 1.165) is 0 Å². The van der Waals surface area contributed by atoms with Gasteiger partial charge in [-0.3, -0.25) is 9.59 Å². The lowest BCUT2D eigenvalue weighted by molar-refractivity contribution is -0.137. The van der Waals surface area contributed by atoms with Crippen LogP contribution in [0.1, 0.15) is 19.8 Å². The molecule has 0 aromatic heterocycles. The Balaban J connectivity index is 2.47. The summed E-state index contributed by atoms with van der Waals surface area (Å²) in [5.41, 5.74) is 0. The molecule has 1 saturated heterocycles. The summed E-state index contributed by atoms with van der Waals surface area (Å²) in [6.45, 7) is 3.27. The molecular weight excluding hydrogens is 196 g/mol. The van der Waals surface area contributed by atoms with Crippen LogP contribution in [0.5, 0.6) is 0 Å². The first-order chi connectivity index (χ1) is 7.19. The number of nitrogens with zero attached hydrogens (tertiary/aromatic N) is 1. The molecule has 15 heavy (non-hydrogen) atoms. The minimum atomic E-state index is -0.116. The lowest BCUT2D eigenvalue weighted by Crippen LogP contribution is -2.45. The summed E-state index contributed by atoms with van der Waals surface area (Å²) < 4.78 is 0. The van der Waals surface area contributed by atoms with Gasteiger partial charge in [0.1, 0.15) is 0 Å². The highest BCUT2D eigenvalue weighted by atomic mass is 16.3. The van der Waals surface area contributed by atoms with Gasteiger partial charge in [-0.1, -0.05) is 0 Å². The molecule has 0 bridgehead atoms. The smallest absolute Gasteiger partial charge is 0.227 e. The van der Waals surface area contributed by atoms with Crippen molar-refractivity contribution in [3.63, 3.8) is 0 Å². The average molecular weight is 214 g/mol. The number of nitrogens with one attached hydrogen (secondary N) is 1. The number of aliphatic hydroxyl groups is 1. The molecule has 1 aliphatic heterocycles. The molecule has 1 aliphatic rings. The van der Waals surface area contributed by atoms with Crippen molar-refractivity contribution in [1.82, 2.24) is 10.2 Å². The SMILES string of the molecule is CCN(CCO)C(=O)C1CCC(=O)NC1. The summed E-state index contributed by atoms with van der Waals surface area (Å²) in [6, 6.07) is 0. The predicted molar refractivity (Wildman–Crippen MR) is 55.1 cm³/mol. The van der Waals surface area contributed by atoms with Gasteiger partial charge in [-0.25, -0.2) is 0 Å². The second kappa shape index (κ2) is 5.70. The van der Waals surface area contributed by atoms with Crippen LogP contribution in [-0.4, -0.2) is 48.1 Å². The monoisotopic (exact) mass is 214 g/mol. The first kappa shape index (κ1) is 12.0. The summed E-state index contributed by atoms with van der Waals surface area (Å²) in [7, 11) is 0. The van der Waals surface area contributed by atoms with Crippen LogP contribution in [0.3, 0.4) is 0 Å². The van der Waals surface area contributed by atoms with Crippen molar-refractivity contribution in [2.75, 3.05) is 26.2 Å². The van der Waals surface area contributed by atoms with Crippen molar-refractivity contribution < 1.29 is 14.7 Å². The fraction of sp³-hybridized carbons (Fsp3) is 0.800. The maximum absolute atomic E-state index is 11.9. The van der Waals surface area contributed by atoms with Crippen LogP contribution in [0, 0.1) is 5.92 Å². The van der Waals surface area contributed by atoms with E-state index in [2.05, 4.69) is 5.32 Å². The normalized spacial score (nSPS) is 20.9. The highest BCUT2D eigenvalue weighted by molar-refractivity contribution is 5.83. The minimum absolute atomic E-state index is 0.0152. The Morgan fingerprint density at radius 3 is 2.87 bits per heavy atom. The Morgan fingerprint density at radius 1 is 1.67 bits per heavy atom. The molecule has 0 aromatic rings. The maximum Gasteiger partial charge on any atom is 0.227 e. The van der Waals surface area contributed by atoms with Crippen molar-refractivity contribution >= 4 is 11.8 Å². The molecule has 0 saturated carbocycles. The summed E-state index contributed by atoms with van der Waals surface area (Å²) >= 11 is 0. The largest absolute Gasteiger partial charge is 0.395 e. The van der Waals surface area contributed by atoms with Gasteiger partial charge >= 0.3 is 0 Å². The van der Waals surface area contributed by atoms with E-state index in [4.69, 9.17) is 5.11 Å². The number of carbonyl (C=O) groups excluding carboxylic acids is 2. The lowest BCUT2D eigenvalue weighted by Gasteiger charge is -2.28. The molecule has 1 fully saturated rings. The summed E-state index contributed by atoms with van der Waals surface area (Å²) in [5.74, 6) is -0.0648. The van der Waals surface area contributed by atoms with E-state index in [1.807, 2.05) is 6.92 Å². The second-order valence-corrected chi connectivity index (χ2v) is 3.68. The Kier molecular flexibility index (Phi) is 4.55. The fourth-order valence-corrected chi connectivity index (χ4v) is 1.75. The number of likely N-dealkylation sites (N-methyl/N-ethyl adjacent to an activating group) is 1. The van der Waals surface area contributed by atoms with Gasteiger partial charge < -0.3 is 15.3 Å². The molecule has 5 heteroatoms. The van der Waals surface area contributed by atoms with Crippen LogP contribution >= 0.6 is 0 Å². The molecule has 0 radical (unpaired) electrons. The topological polar surface area (TPSA) is 69.6 Å². The van der Waals surface area contributed by atoms with Crippen molar-refractivity contribution in [2.45, 2.75) is 19.8 Å². The Morgan fingerprint density at radius 2 is 2.40 bits per heavy atom. The molecule has 1 rings (SSSR count). The summed E-state index contributed by atoms with van der Waals surface area (Å²) in [5, 5.41) is 11.5. The molecule has 0 aromatic carbocycles. The van der Waals surface area contributed by atoms with Crippen LogP contribution in [0.4, 0.5) is 0 Å². The van der Waals surface area contributed by atoms with Crippen LogP contribution in [0.15, 0.2) is 0 Å². The fourth-order valence-electron chi connectivity index (χ4n) is 1.75. The van der Waals surface area contributed by atoms with Crippen LogP contribution in [0.25, 0.3) is 0 Å². The third-order valence-corrected chi connectivity index (χ3v) is 2.68. The highest BCUT2D eigenvalue weighted by Crippen LogP contribution is 2.13. The zero-order chi connectivity index (χ0) is 11.3. The van der Waals surface area contributed by atoms with E-state index < -0.39 is 0 Å². The third-order valence-electron chi connectivity index (χ3n) is 2.68. The van der Waals surface area contributed by atoms with Crippen LogP contribution in [-0.2, 0) is 9.59 Å². The van der Waals surface area contributed by atoms with E-state index in [9.17, 15) is 9.59 Å². The molecule has 1 unspecified atom stereocenters. The number of aliphatic hydroxyl groups excluding tert-OH is 1. The number of hydrogen-bond acceptors (Lipinski definition) is 3. The van der Waals surface area contributed by atoms with Gasteiger partial charge in [0.15, 0.2) is 0 Å². The number of rotatable bonds is 4.